The number of nitrogen functional groups attached to an aromatic ring is 1. The molecule has 0 amide bonds. The second-order valence-corrected chi connectivity index (χ2v) is 4.79. The first-order valence-corrected chi connectivity index (χ1v) is 6.70. The van der Waals surface area contributed by atoms with Gasteiger partial charge in [0.2, 0.25) is 0 Å². The van der Waals surface area contributed by atoms with Gasteiger partial charge in [-0.05, 0) is 42.3 Å². The number of aryl methyl sites for hydroxylation is 1. The fourth-order valence-corrected chi connectivity index (χ4v) is 2.46. The van der Waals surface area contributed by atoms with Crippen LogP contribution >= 0.6 is 0 Å². The highest BCUT2D eigenvalue weighted by atomic mass is 16.3. The molecular weight excluding hydrogens is 250 g/mol. The number of anilines is 1. The highest BCUT2D eigenvalue weighted by Gasteiger charge is 2.12. The number of aliphatic hydroxyl groups excluding tert-OH is 1. The number of nitrogens with two attached hydrogens (primary N) is 1. The summed E-state index contributed by atoms with van der Waals surface area (Å²) in [6, 6.07) is 13.9. The van der Waals surface area contributed by atoms with Crippen LogP contribution in [0.2, 0.25) is 0 Å². The predicted molar refractivity (Wildman–Crippen MR) is 80.8 cm³/mol. The summed E-state index contributed by atoms with van der Waals surface area (Å²) < 4.78 is 1.98. The molecule has 0 fully saturated rings. The molecule has 102 valence electrons. The van der Waals surface area contributed by atoms with E-state index in [9.17, 15) is 5.11 Å². The molecule has 0 radical (unpaired) electrons. The molecule has 0 aliphatic carbocycles. The van der Waals surface area contributed by atoms with E-state index in [1.54, 1.807) is 0 Å². The summed E-state index contributed by atoms with van der Waals surface area (Å²) in [6.07, 6.45) is 0.974. The van der Waals surface area contributed by atoms with Gasteiger partial charge in [-0.1, -0.05) is 19.1 Å². The average molecular weight is 267 g/mol. The molecule has 1 aromatic heterocycles. The van der Waals surface area contributed by atoms with Crippen molar-refractivity contribution in [2.24, 2.45) is 0 Å². The summed E-state index contributed by atoms with van der Waals surface area (Å²) in [5, 5.41) is 9.56. The largest absolute Gasteiger partial charge is 0.399 e. The molecule has 0 unspecified atom stereocenters. The van der Waals surface area contributed by atoms with Gasteiger partial charge in [-0.25, -0.2) is 4.98 Å². The summed E-state index contributed by atoms with van der Waals surface area (Å²) >= 11 is 0. The molecule has 1 heterocycles. The van der Waals surface area contributed by atoms with Crippen molar-refractivity contribution < 1.29 is 5.11 Å². The Morgan fingerprint density at radius 1 is 1.20 bits per heavy atom. The first-order valence-electron chi connectivity index (χ1n) is 6.70. The van der Waals surface area contributed by atoms with Crippen molar-refractivity contribution in [1.82, 2.24) is 9.55 Å². The summed E-state index contributed by atoms with van der Waals surface area (Å²) in [5.41, 5.74) is 10.5. The highest BCUT2D eigenvalue weighted by Crippen LogP contribution is 2.24. The van der Waals surface area contributed by atoms with E-state index >= 15 is 0 Å². The van der Waals surface area contributed by atoms with Crippen LogP contribution in [0.25, 0.3) is 16.7 Å². The van der Waals surface area contributed by atoms with Crippen LogP contribution in [0.15, 0.2) is 42.5 Å². The van der Waals surface area contributed by atoms with E-state index in [0.717, 1.165) is 23.1 Å². The van der Waals surface area contributed by atoms with Gasteiger partial charge in [-0.2, -0.15) is 0 Å². The molecule has 20 heavy (non-hydrogen) atoms. The highest BCUT2D eigenvalue weighted by molar-refractivity contribution is 5.81. The van der Waals surface area contributed by atoms with E-state index in [1.165, 1.54) is 5.56 Å². The first kappa shape index (κ1) is 12.7. The van der Waals surface area contributed by atoms with Gasteiger partial charge in [0.25, 0.3) is 0 Å². The van der Waals surface area contributed by atoms with E-state index in [2.05, 4.69) is 24.0 Å². The molecule has 0 aliphatic rings. The van der Waals surface area contributed by atoms with Crippen molar-refractivity contribution in [3.63, 3.8) is 0 Å². The fourth-order valence-electron chi connectivity index (χ4n) is 2.46. The van der Waals surface area contributed by atoms with Crippen LogP contribution < -0.4 is 5.73 Å². The molecule has 3 N–H and O–H groups in total. The molecule has 3 aromatic rings. The molecular formula is C16H17N3O. The number of nitrogens with zero attached hydrogens (tertiary/aromatic N) is 2. The molecule has 0 bridgehead atoms. The number of fused-ring (bicyclic) bond motifs is 1. The Morgan fingerprint density at radius 2 is 2.05 bits per heavy atom. The van der Waals surface area contributed by atoms with Crippen LogP contribution in [0.1, 0.15) is 18.3 Å². The molecule has 2 aromatic carbocycles. The molecule has 0 saturated carbocycles. The normalized spacial score (nSPS) is 11.1. The molecule has 4 nitrogen and oxygen atoms in total. The zero-order chi connectivity index (χ0) is 14.1. The Hall–Kier alpha value is -2.33. The minimum Gasteiger partial charge on any atom is -0.399 e. The Labute approximate surface area is 117 Å². The summed E-state index contributed by atoms with van der Waals surface area (Å²) in [6.45, 7) is 2.02. The monoisotopic (exact) mass is 267 g/mol. The second kappa shape index (κ2) is 4.98. The lowest BCUT2D eigenvalue weighted by Crippen LogP contribution is -2.01. The van der Waals surface area contributed by atoms with Crippen molar-refractivity contribution in [2.45, 2.75) is 20.0 Å². The van der Waals surface area contributed by atoms with Crippen LogP contribution in [-0.2, 0) is 13.0 Å². The minimum atomic E-state index is -0.106. The Balaban J connectivity index is 2.28. The van der Waals surface area contributed by atoms with E-state index in [0.29, 0.717) is 11.5 Å². The summed E-state index contributed by atoms with van der Waals surface area (Å²) in [7, 11) is 0. The Bertz CT molecular complexity index is 762. The lowest BCUT2D eigenvalue weighted by molar-refractivity contribution is 0.270. The molecule has 0 aliphatic heterocycles. The maximum absolute atomic E-state index is 9.56. The van der Waals surface area contributed by atoms with Gasteiger partial charge >= 0.3 is 0 Å². The quantitative estimate of drug-likeness (QED) is 0.717. The van der Waals surface area contributed by atoms with E-state index < -0.39 is 0 Å². The third-order valence-electron chi connectivity index (χ3n) is 3.47. The number of imidazole rings is 1. The van der Waals surface area contributed by atoms with Crippen LogP contribution in [0.4, 0.5) is 5.69 Å². The number of rotatable bonds is 3. The maximum atomic E-state index is 9.56. The van der Waals surface area contributed by atoms with Crippen molar-refractivity contribution in [2.75, 3.05) is 5.73 Å². The fraction of sp³-hybridized carbons (Fsp3) is 0.188. The van der Waals surface area contributed by atoms with E-state index in [-0.39, 0.29) is 6.61 Å². The van der Waals surface area contributed by atoms with Crippen molar-refractivity contribution in [3.05, 3.63) is 53.9 Å². The maximum Gasteiger partial charge on any atom is 0.140 e. The van der Waals surface area contributed by atoms with Gasteiger partial charge < -0.3 is 10.8 Å². The van der Waals surface area contributed by atoms with Gasteiger partial charge in [0.05, 0.1) is 11.0 Å². The average Bonchev–Trinajstić information content (AvgIpc) is 2.84. The van der Waals surface area contributed by atoms with Gasteiger partial charge in [0.1, 0.15) is 12.4 Å². The van der Waals surface area contributed by atoms with Crippen LogP contribution in [-0.4, -0.2) is 14.7 Å². The third-order valence-corrected chi connectivity index (χ3v) is 3.47. The standard InChI is InChI=1S/C16H17N3O/c1-2-11-4-3-5-13(8-11)19-15-7-6-12(17)9-14(15)18-16(19)10-20/h3-9,20H,2,10,17H2,1H3. The summed E-state index contributed by atoms with van der Waals surface area (Å²) in [5.74, 6) is 0.624. The molecule has 0 saturated heterocycles. The molecule has 0 spiro atoms. The van der Waals surface area contributed by atoms with Gasteiger partial charge in [-0.15, -0.1) is 0 Å². The topological polar surface area (TPSA) is 64.1 Å². The number of benzene rings is 2. The van der Waals surface area contributed by atoms with Crippen LogP contribution in [0, 0.1) is 0 Å². The lowest BCUT2D eigenvalue weighted by atomic mass is 10.1. The zero-order valence-electron chi connectivity index (χ0n) is 11.4. The first-order chi connectivity index (χ1) is 9.72. The number of aromatic nitrogens is 2. The SMILES string of the molecule is CCc1cccc(-n2c(CO)nc3cc(N)ccc32)c1. The Morgan fingerprint density at radius 3 is 2.80 bits per heavy atom. The third kappa shape index (κ3) is 2.04. The number of hydrogen-bond acceptors (Lipinski definition) is 3. The van der Waals surface area contributed by atoms with Gasteiger partial charge in [-0.3, -0.25) is 4.57 Å². The van der Waals surface area contributed by atoms with Crippen molar-refractivity contribution >= 4 is 16.7 Å². The molecule has 0 atom stereocenters. The number of hydrogen-bond donors (Lipinski definition) is 2. The minimum absolute atomic E-state index is 0.106. The van der Waals surface area contributed by atoms with Crippen molar-refractivity contribution in [3.8, 4) is 5.69 Å². The summed E-state index contributed by atoms with van der Waals surface area (Å²) in [4.78, 5) is 4.46. The molecule has 3 rings (SSSR count). The molecule has 4 heteroatoms. The van der Waals surface area contributed by atoms with Gasteiger partial charge in [0.15, 0.2) is 0 Å². The predicted octanol–water partition coefficient (Wildman–Crippen LogP) is 2.66. The lowest BCUT2D eigenvalue weighted by Gasteiger charge is -2.09. The smallest absolute Gasteiger partial charge is 0.140 e. The van der Waals surface area contributed by atoms with Crippen LogP contribution in [0.3, 0.4) is 0 Å². The van der Waals surface area contributed by atoms with Gasteiger partial charge in [0, 0.05) is 11.4 Å². The Kier molecular flexibility index (Phi) is 3.16. The van der Waals surface area contributed by atoms with E-state index in [4.69, 9.17) is 5.73 Å². The zero-order valence-corrected chi connectivity index (χ0v) is 11.4. The van der Waals surface area contributed by atoms with Crippen LogP contribution in [0.5, 0.6) is 0 Å². The van der Waals surface area contributed by atoms with E-state index in [1.807, 2.05) is 34.9 Å². The number of aliphatic hydroxyl groups is 1. The second-order valence-electron chi connectivity index (χ2n) is 4.79. The van der Waals surface area contributed by atoms with Crippen molar-refractivity contribution in [1.29, 1.82) is 0 Å².